The average Bonchev–Trinajstić information content (AvgIpc) is 3.19. The van der Waals surface area contributed by atoms with Gasteiger partial charge in [-0.05, 0) is 50.1 Å². The zero-order valence-electron chi connectivity index (χ0n) is 22.5. The monoisotopic (exact) mass is 559 g/mol. The number of anilines is 1. The maximum absolute atomic E-state index is 11.0. The molecule has 7 nitrogen and oxygen atoms in total. The Labute approximate surface area is 239 Å². The number of unbranched alkanes of at least 4 members (excludes halogenated alkanes) is 2. The van der Waals surface area contributed by atoms with Gasteiger partial charge in [0, 0.05) is 46.5 Å². The van der Waals surface area contributed by atoms with E-state index in [-0.39, 0.29) is 11.8 Å². The van der Waals surface area contributed by atoms with Crippen LogP contribution >= 0.6 is 12.0 Å². The van der Waals surface area contributed by atoms with Gasteiger partial charge in [-0.15, -0.1) is 4.33 Å². The Morgan fingerprint density at radius 2 is 1.75 bits per heavy atom. The Morgan fingerprint density at radius 3 is 2.48 bits per heavy atom. The Kier molecular flexibility index (Phi) is 10.7. The highest BCUT2D eigenvalue weighted by Gasteiger charge is 2.47. The van der Waals surface area contributed by atoms with Gasteiger partial charge in [0.25, 0.3) is 0 Å². The molecule has 40 heavy (non-hydrogen) atoms. The molecule has 0 fully saturated rings. The van der Waals surface area contributed by atoms with Crippen LogP contribution in [0, 0.1) is 0 Å². The zero-order valence-corrected chi connectivity index (χ0v) is 23.3. The van der Waals surface area contributed by atoms with E-state index in [0.717, 1.165) is 58.9 Å². The average molecular weight is 560 g/mol. The highest BCUT2D eigenvalue weighted by atomic mass is 32.2. The molecule has 1 atom stereocenters. The lowest BCUT2D eigenvalue weighted by Crippen LogP contribution is -2.31. The summed E-state index contributed by atoms with van der Waals surface area (Å²) in [4.78, 5) is 11.8. The lowest BCUT2D eigenvalue weighted by Gasteiger charge is -2.23. The molecule has 1 aliphatic rings. The second-order valence-electron chi connectivity index (χ2n) is 9.88. The van der Waals surface area contributed by atoms with E-state index in [0.29, 0.717) is 13.0 Å². The highest BCUT2D eigenvalue weighted by molar-refractivity contribution is 7.94. The van der Waals surface area contributed by atoms with Gasteiger partial charge in [-0.2, -0.15) is 4.58 Å². The fourth-order valence-corrected chi connectivity index (χ4v) is 5.55. The molecular weight excluding hydrogens is 524 g/mol. The molecule has 8 heteroatoms. The molecule has 0 aromatic heterocycles. The number of aliphatic carboxylic acids is 1. The number of benzene rings is 3. The van der Waals surface area contributed by atoms with Gasteiger partial charge in [0.05, 0.1) is 17.5 Å². The minimum absolute atomic E-state index is 0.183. The van der Waals surface area contributed by atoms with Crippen LogP contribution in [0.1, 0.15) is 50.2 Å². The SMILES string of the molecule is C[C@]1(CCCCCC(=O)O)C(/C=C/C=C/Nc2ccccc2)=[N+](Cc2ccccc2)c2ccc(SOOO)cc21. The van der Waals surface area contributed by atoms with Crippen LogP contribution < -0.4 is 5.32 Å². The van der Waals surface area contributed by atoms with Crippen molar-refractivity contribution in [3.63, 3.8) is 0 Å². The van der Waals surface area contributed by atoms with E-state index in [9.17, 15) is 4.79 Å². The van der Waals surface area contributed by atoms with Crippen molar-refractivity contribution >= 4 is 35.1 Å². The van der Waals surface area contributed by atoms with E-state index >= 15 is 0 Å². The van der Waals surface area contributed by atoms with Crippen LogP contribution in [0.5, 0.6) is 0 Å². The predicted octanol–water partition coefficient (Wildman–Crippen LogP) is 7.89. The van der Waals surface area contributed by atoms with Gasteiger partial charge in [0.1, 0.15) is 0 Å². The van der Waals surface area contributed by atoms with Crippen LogP contribution in [0.25, 0.3) is 0 Å². The van der Waals surface area contributed by atoms with Crippen molar-refractivity contribution < 1.29 is 29.1 Å². The Bertz CT molecular complexity index is 1360. The third-order valence-electron chi connectivity index (χ3n) is 7.11. The fraction of sp³-hybridized carbons (Fsp3) is 0.250. The summed E-state index contributed by atoms with van der Waals surface area (Å²) in [6.45, 7) is 2.95. The summed E-state index contributed by atoms with van der Waals surface area (Å²) >= 11 is 0.948. The predicted molar refractivity (Wildman–Crippen MR) is 159 cm³/mol. The smallest absolute Gasteiger partial charge is 0.303 e. The maximum atomic E-state index is 11.0. The molecule has 0 saturated carbocycles. The van der Waals surface area contributed by atoms with Crippen LogP contribution in [-0.4, -0.2) is 26.6 Å². The summed E-state index contributed by atoms with van der Waals surface area (Å²) in [6, 6.07) is 26.5. The molecule has 208 valence electrons. The lowest BCUT2D eigenvalue weighted by atomic mass is 9.75. The summed E-state index contributed by atoms with van der Waals surface area (Å²) in [6.07, 6.45) is 11.5. The van der Waals surface area contributed by atoms with Gasteiger partial charge in [0.15, 0.2) is 12.3 Å². The van der Waals surface area contributed by atoms with Crippen LogP contribution in [0.15, 0.2) is 108 Å². The number of carboxylic acids is 1. The summed E-state index contributed by atoms with van der Waals surface area (Å²) in [5.41, 5.74) is 5.30. The molecule has 1 heterocycles. The van der Waals surface area contributed by atoms with Gasteiger partial charge < -0.3 is 10.4 Å². The molecule has 0 saturated heterocycles. The van der Waals surface area contributed by atoms with Crippen molar-refractivity contribution in [1.82, 2.24) is 0 Å². The van der Waals surface area contributed by atoms with Gasteiger partial charge in [-0.25, -0.2) is 5.26 Å². The van der Waals surface area contributed by atoms with E-state index in [2.05, 4.69) is 58.3 Å². The van der Waals surface area contributed by atoms with Crippen molar-refractivity contribution in [3.05, 3.63) is 114 Å². The summed E-state index contributed by atoms with van der Waals surface area (Å²) in [7, 11) is 0. The van der Waals surface area contributed by atoms with E-state index in [1.54, 1.807) is 0 Å². The Balaban J connectivity index is 1.68. The standard InChI is InChI=1S/C32H34N2O5S/c1-32(21-11-4-9-18-31(35)36)28-23-27(40-39-38-37)19-20-29(28)34(24-25-13-5-2-6-14-25)30(32)17-10-12-22-33-26-15-7-3-8-16-26/h2-3,5-8,10,12-17,19-20,22-23H,4,9,11,18,21,24H2,1H3,(H2,35,36,37)/p+1/t32-/m1/s1. The molecule has 0 bridgehead atoms. The number of fused-ring (bicyclic) bond motifs is 1. The first-order valence-corrected chi connectivity index (χ1v) is 14.1. The molecule has 3 aromatic carbocycles. The molecule has 3 N–H and O–H groups in total. The number of carbonyl (C=O) groups is 1. The van der Waals surface area contributed by atoms with Gasteiger partial charge in [-0.3, -0.25) is 4.79 Å². The van der Waals surface area contributed by atoms with Crippen LogP contribution in [0.4, 0.5) is 11.4 Å². The second kappa shape index (κ2) is 14.6. The quantitative estimate of drug-likeness (QED) is 0.0435. The molecular formula is C32H35N2O5S+. The van der Waals surface area contributed by atoms with Gasteiger partial charge in [0.2, 0.25) is 5.69 Å². The molecule has 1 aliphatic heterocycles. The lowest BCUT2D eigenvalue weighted by molar-refractivity contribution is -0.455. The normalized spacial score (nSPS) is 16.6. The second-order valence-corrected chi connectivity index (χ2v) is 10.7. The number of hydrogen-bond donors (Lipinski definition) is 3. The summed E-state index contributed by atoms with van der Waals surface area (Å²) in [5, 5.41) is 24.9. The largest absolute Gasteiger partial charge is 0.481 e. The van der Waals surface area contributed by atoms with E-state index in [1.807, 2.05) is 66.9 Å². The summed E-state index contributed by atoms with van der Waals surface area (Å²) < 4.78 is 7.08. The zero-order chi connectivity index (χ0) is 28.2. The van der Waals surface area contributed by atoms with Crippen molar-refractivity contribution in [2.45, 2.75) is 55.9 Å². The minimum atomic E-state index is -0.759. The van der Waals surface area contributed by atoms with E-state index in [1.165, 1.54) is 5.56 Å². The number of para-hydroxylation sites is 1. The summed E-state index contributed by atoms with van der Waals surface area (Å²) in [5.74, 6) is -0.759. The van der Waals surface area contributed by atoms with Crippen molar-refractivity contribution in [2.75, 3.05) is 5.32 Å². The van der Waals surface area contributed by atoms with Gasteiger partial charge in [-0.1, -0.05) is 72.5 Å². The fourth-order valence-electron chi connectivity index (χ4n) is 5.15. The van der Waals surface area contributed by atoms with Gasteiger partial charge >= 0.3 is 5.97 Å². The van der Waals surface area contributed by atoms with Crippen LogP contribution in [0.2, 0.25) is 0 Å². The minimum Gasteiger partial charge on any atom is -0.481 e. The number of hydrogen-bond acceptors (Lipinski definition) is 6. The third kappa shape index (κ3) is 7.70. The number of rotatable bonds is 15. The van der Waals surface area contributed by atoms with Crippen LogP contribution in [0.3, 0.4) is 0 Å². The first kappa shape index (κ1) is 29.3. The Morgan fingerprint density at radius 1 is 1.00 bits per heavy atom. The number of nitrogens with one attached hydrogen (secondary N) is 1. The first-order chi connectivity index (χ1) is 19.5. The molecule has 0 amide bonds. The number of nitrogens with zero attached hydrogens (tertiary/aromatic N) is 1. The van der Waals surface area contributed by atoms with Crippen molar-refractivity contribution in [2.24, 2.45) is 0 Å². The molecule has 0 aliphatic carbocycles. The topological polar surface area (TPSA) is 91.0 Å². The highest BCUT2D eigenvalue weighted by Crippen LogP contribution is 2.45. The molecule has 0 spiro atoms. The van der Waals surface area contributed by atoms with Crippen molar-refractivity contribution in [3.8, 4) is 0 Å². The molecule has 4 rings (SSSR count). The van der Waals surface area contributed by atoms with Crippen LogP contribution in [-0.2, 0) is 26.1 Å². The Hall–Kier alpha value is -3.69. The van der Waals surface area contributed by atoms with Crippen molar-refractivity contribution in [1.29, 1.82) is 0 Å². The van der Waals surface area contributed by atoms with E-state index < -0.39 is 5.97 Å². The molecule has 3 aromatic rings. The maximum Gasteiger partial charge on any atom is 0.303 e. The number of allylic oxidation sites excluding steroid dienone is 3. The first-order valence-electron chi connectivity index (χ1n) is 13.4. The third-order valence-corrected chi connectivity index (χ3v) is 7.68. The van der Waals surface area contributed by atoms with E-state index in [4.69, 9.17) is 14.7 Å². The molecule has 0 unspecified atom stereocenters. The molecule has 0 radical (unpaired) electrons. The number of carboxylic acid groups (broad SMARTS) is 1.